The molecule has 0 fully saturated rings. The molecule has 1 aromatic heterocycles. The van der Waals surface area contributed by atoms with Crippen LogP contribution in [-0.2, 0) is 20.8 Å². The highest BCUT2D eigenvalue weighted by Gasteiger charge is 2.33. The molecule has 2 aromatic carbocycles. The first-order valence-corrected chi connectivity index (χ1v) is 9.94. The predicted molar refractivity (Wildman–Crippen MR) is 94.6 cm³/mol. The number of hydrogen-bond acceptors (Lipinski definition) is 6. The molecule has 0 aliphatic heterocycles. The topological polar surface area (TPSA) is 89.0 Å². The highest BCUT2D eigenvalue weighted by atomic mass is 35.5. The Kier molecular flexibility index (Phi) is 5.10. The Balaban J connectivity index is 1.83. The minimum atomic E-state index is -4.71. The number of fused-ring (bicyclic) bond motifs is 1. The van der Waals surface area contributed by atoms with Gasteiger partial charge in [-0.05, 0) is 30.3 Å². The number of aromatic nitrogens is 2. The number of alkyl halides is 3. The zero-order valence-corrected chi connectivity index (χ0v) is 15.5. The smallest absolute Gasteiger partial charge is 0.325 e. The zero-order valence-electron chi connectivity index (χ0n) is 13.1. The summed E-state index contributed by atoms with van der Waals surface area (Å²) >= 11 is 6.33. The van der Waals surface area contributed by atoms with Gasteiger partial charge in [0.15, 0.2) is 9.84 Å². The van der Waals surface area contributed by atoms with Crippen LogP contribution in [0.15, 0.2) is 41.3 Å². The molecule has 0 bridgehead atoms. The maximum absolute atomic E-state index is 12.9. The number of benzene rings is 2. The minimum Gasteiger partial charge on any atom is -0.325 e. The Bertz CT molecular complexity index is 1130. The molecule has 0 unspecified atom stereocenters. The SMILES string of the molecule is O=C(CS(=O)(=O)c1cccc2nsnc12)Nc1ccc(Cl)c(C(F)(F)F)c1. The molecule has 1 heterocycles. The maximum atomic E-state index is 12.9. The summed E-state index contributed by atoms with van der Waals surface area (Å²) in [5, 5.41) is 1.61. The van der Waals surface area contributed by atoms with E-state index in [-0.39, 0.29) is 16.1 Å². The number of anilines is 1. The summed E-state index contributed by atoms with van der Waals surface area (Å²) in [6.07, 6.45) is -4.71. The summed E-state index contributed by atoms with van der Waals surface area (Å²) in [6.45, 7) is 0. The van der Waals surface area contributed by atoms with Gasteiger partial charge in [0.25, 0.3) is 0 Å². The summed E-state index contributed by atoms with van der Waals surface area (Å²) in [4.78, 5) is 11.9. The second-order valence-electron chi connectivity index (χ2n) is 5.39. The van der Waals surface area contributed by atoms with E-state index in [0.717, 1.165) is 23.9 Å². The van der Waals surface area contributed by atoms with Crippen molar-refractivity contribution >= 4 is 55.8 Å². The average Bonchev–Trinajstić information content (AvgIpc) is 3.03. The largest absolute Gasteiger partial charge is 0.417 e. The summed E-state index contributed by atoms with van der Waals surface area (Å²) in [6, 6.07) is 7.07. The molecule has 1 N–H and O–H groups in total. The molecule has 0 spiro atoms. The van der Waals surface area contributed by atoms with Crippen molar-refractivity contribution in [3.8, 4) is 0 Å². The van der Waals surface area contributed by atoms with Crippen LogP contribution in [0.5, 0.6) is 0 Å². The summed E-state index contributed by atoms with van der Waals surface area (Å²) < 4.78 is 71.4. The lowest BCUT2D eigenvalue weighted by molar-refractivity contribution is -0.137. The standard InChI is InChI=1S/C15H9ClF3N3O3S2/c16-10-5-4-8(6-9(10)15(17,18)19)20-13(23)7-27(24,25)12-3-1-2-11-14(12)22-26-21-11/h1-6H,7H2,(H,20,23). The van der Waals surface area contributed by atoms with Crippen LogP contribution in [0.4, 0.5) is 18.9 Å². The Morgan fingerprint density at radius 1 is 1.19 bits per heavy atom. The van der Waals surface area contributed by atoms with Gasteiger partial charge in [-0.2, -0.15) is 21.9 Å². The number of carbonyl (C=O) groups excluding carboxylic acids is 1. The van der Waals surface area contributed by atoms with Crippen LogP contribution < -0.4 is 5.32 Å². The molecule has 3 rings (SSSR count). The van der Waals surface area contributed by atoms with E-state index in [4.69, 9.17) is 11.6 Å². The molecule has 1 amide bonds. The van der Waals surface area contributed by atoms with E-state index in [9.17, 15) is 26.4 Å². The van der Waals surface area contributed by atoms with E-state index in [2.05, 4.69) is 14.1 Å². The van der Waals surface area contributed by atoms with Crippen molar-refractivity contribution in [1.82, 2.24) is 8.75 Å². The molecule has 0 radical (unpaired) electrons. The van der Waals surface area contributed by atoms with Crippen LogP contribution in [0.3, 0.4) is 0 Å². The summed E-state index contributed by atoms with van der Waals surface area (Å²) in [5.41, 5.74) is -0.848. The van der Waals surface area contributed by atoms with Gasteiger partial charge < -0.3 is 5.32 Å². The highest BCUT2D eigenvalue weighted by molar-refractivity contribution is 7.92. The van der Waals surface area contributed by atoms with Crippen molar-refractivity contribution in [3.05, 3.63) is 47.0 Å². The van der Waals surface area contributed by atoms with Gasteiger partial charge in [-0.15, -0.1) is 0 Å². The second-order valence-corrected chi connectivity index (χ2v) is 8.28. The van der Waals surface area contributed by atoms with Crippen LogP contribution in [0, 0.1) is 0 Å². The molecule has 0 aliphatic carbocycles. The third-order valence-corrected chi connectivity index (χ3v) is 5.97. The van der Waals surface area contributed by atoms with Crippen molar-refractivity contribution in [3.63, 3.8) is 0 Å². The van der Waals surface area contributed by atoms with E-state index in [1.165, 1.54) is 12.1 Å². The van der Waals surface area contributed by atoms with Crippen molar-refractivity contribution in [2.24, 2.45) is 0 Å². The molecular weight excluding hydrogens is 427 g/mol. The minimum absolute atomic E-state index is 0.140. The van der Waals surface area contributed by atoms with Gasteiger partial charge in [-0.25, -0.2) is 8.42 Å². The summed E-state index contributed by atoms with van der Waals surface area (Å²) in [5.74, 6) is -1.96. The predicted octanol–water partition coefficient (Wildman–Crippen LogP) is 3.78. The van der Waals surface area contributed by atoms with Crippen molar-refractivity contribution in [2.45, 2.75) is 11.1 Å². The number of carbonyl (C=O) groups is 1. The molecule has 0 saturated heterocycles. The van der Waals surface area contributed by atoms with Gasteiger partial charge in [-0.1, -0.05) is 17.7 Å². The van der Waals surface area contributed by atoms with Crippen LogP contribution in [0.25, 0.3) is 11.0 Å². The van der Waals surface area contributed by atoms with Gasteiger partial charge in [0.1, 0.15) is 16.8 Å². The lowest BCUT2D eigenvalue weighted by Crippen LogP contribution is -2.23. The second kappa shape index (κ2) is 7.06. The van der Waals surface area contributed by atoms with Crippen molar-refractivity contribution in [2.75, 3.05) is 11.1 Å². The van der Waals surface area contributed by atoms with Crippen LogP contribution in [0.1, 0.15) is 5.56 Å². The van der Waals surface area contributed by atoms with Gasteiger partial charge in [0.2, 0.25) is 5.91 Å². The third-order valence-electron chi connectivity index (χ3n) is 3.46. The Hall–Kier alpha value is -2.24. The monoisotopic (exact) mass is 435 g/mol. The number of rotatable bonds is 4. The van der Waals surface area contributed by atoms with Crippen LogP contribution in [0.2, 0.25) is 5.02 Å². The number of nitrogens with zero attached hydrogens (tertiary/aromatic N) is 2. The molecular formula is C15H9ClF3N3O3S2. The fourth-order valence-electron chi connectivity index (χ4n) is 2.30. The van der Waals surface area contributed by atoms with E-state index in [1.807, 2.05) is 0 Å². The molecule has 3 aromatic rings. The normalized spacial score (nSPS) is 12.3. The summed E-state index contributed by atoms with van der Waals surface area (Å²) in [7, 11) is -4.08. The number of sulfone groups is 1. The fraction of sp³-hybridized carbons (Fsp3) is 0.133. The fourth-order valence-corrected chi connectivity index (χ4v) is 4.44. The lowest BCUT2D eigenvalue weighted by Gasteiger charge is -2.12. The van der Waals surface area contributed by atoms with Crippen molar-refractivity contribution < 1.29 is 26.4 Å². The molecule has 0 aliphatic rings. The van der Waals surface area contributed by atoms with E-state index in [0.29, 0.717) is 11.6 Å². The van der Waals surface area contributed by atoms with Crippen molar-refractivity contribution in [1.29, 1.82) is 0 Å². The van der Waals surface area contributed by atoms with Gasteiger partial charge >= 0.3 is 6.18 Å². The maximum Gasteiger partial charge on any atom is 0.417 e. The first-order valence-electron chi connectivity index (χ1n) is 7.18. The lowest BCUT2D eigenvalue weighted by atomic mass is 10.2. The Labute approximate surface area is 160 Å². The van der Waals surface area contributed by atoms with Gasteiger partial charge in [0.05, 0.1) is 27.2 Å². The van der Waals surface area contributed by atoms with Gasteiger partial charge in [-0.3, -0.25) is 4.79 Å². The van der Waals surface area contributed by atoms with Gasteiger partial charge in [0, 0.05) is 5.69 Å². The average molecular weight is 436 g/mol. The number of amides is 1. The first-order chi connectivity index (χ1) is 12.6. The highest BCUT2D eigenvalue weighted by Crippen LogP contribution is 2.36. The first kappa shape index (κ1) is 19.5. The quantitative estimate of drug-likeness (QED) is 0.673. The molecule has 142 valence electrons. The Morgan fingerprint density at radius 3 is 2.63 bits per heavy atom. The molecule has 12 heteroatoms. The van der Waals surface area contributed by atoms with E-state index < -0.39 is 38.3 Å². The van der Waals surface area contributed by atoms with E-state index in [1.54, 1.807) is 6.07 Å². The Morgan fingerprint density at radius 2 is 1.93 bits per heavy atom. The molecule has 0 atom stereocenters. The molecule has 27 heavy (non-hydrogen) atoms. The third kappa shape index (κ3) is 4.20. The van der Waals surface area contributed by atoms with E-state index >= 15 is 0 Å². The zero-order chi connectivity index (χ0) is 19.8. The molecule has 6 nitrogen and oxygen atoms in total. The molecule has 0 saturated carbocycles. The van der Waals surface area contributed by atoms with Crippen LogP contribution >= 0.6 is 23.3 Å². The number of nitrogens with one attached hydrogen (secondary N) is 1. The number of halogens is 4. The number of hydrogen-bond donors (Lipinski definition) is 1. The van der Waals surface area contributed by atoms with Crippen LogP contribution in [-0.4, -0.2) is 28.8 Å².